The van der Waals surface area contributed by atoms with Crippen LogP contribution in [-0.2, 0) is 12.8 Å². The minimum atomic E-state index is -1.01. The van der Waals surface area contributed by atoms with Crippen molar-refractivity contribution in [1.29, 1.82) is 0 Å². The predicted octanol–water partition coefficient (Wildman–Crippen LogP) is 3.06. The Morgan fingerprint density at radius 1 is 1.40 bits per heavy atom. The van der Waals surface area contributed by atoms with Crippen LogP contribution in [0.25, 0.3) is 11.1 Å². The van der Waals surface area contributed by atoms with Gasteiger partial charge in [-0.2, -0.15) is 0 Å². The molecular weight excluding hydrogens is 385 g/mol. The highest BCUT2D eigenvalue weighted by Crippen LogP contribution is 2.30. The van der Waals surface area contributed by atoms with Crippen molar-refractivity contribution in [2.75, 3.05) is 23.7 Å². The summed E-state index contributed by atoms with van der Waals surface area (Å²) in [6.45, 7) is 3.02. The Kier molecular flexibility index (Phi) is 5.67. The maximum absolute atomic E-state index is 13.8. The molecule has 0 saturated carbocycles. The second-order valence-electron chi connectivity index (χ2n) is 7.80. The van der Waals surface area contributed by atoms with E-state index in [4.69, 9.17) is 15.9 Å². The number of piperidine rings is 1. The predicted molar refractivity (Wildman–Crippen MR) is 114 cm³/mol. The summed E-state index contributed by atoms with van der Waals surface area (Å²) < 4.78 is 19.4. The first kappa shape index (κ1) is 20.3. The van der Waals surface area contributed by atoms with Gasteiger partial charge in [-0.25, -0.2) is 4.39 Å². The number of carbonyl (C=O) groups is 1. The lowest BCUT2D eigenvalue weighted by molar-refractivity contribution is 0.0994. The smallest absolute Gasteiger partial charge is 0.204 e. The minimum Gasteiger partial charge on any atom is -0.438 e. The van der Waals surface area contributed by atoms with E-state index in [1.807, 2.05) is 17.0 Å². The van der Waals surface area contributed by atoms with E-state index in [-0.39, 0.29) is 18.1 Å². The molecule has 0 bridgehead atoms. The summed E-state index contributed by atoms with van der Waals surface area (Å²) in [4.78, 5) is 23.8. The molecule has 158 valence electrons. The van der Waals surface area contributed by atoms with E-state index in [0.717, 1.165) is 29.7 Å². The van der Waals surface area contributed by atoms with Gasteiger partial charge in [0.1, 0.15) is 17.3 Å². The number of anilines is 2. The van der Waals surface area contributed by atoms with Gasteiger partial charge in [0.25, 0.3) is 0 Å². The van der Waals surface area contributed by atoms with Crippen LogP contribution >= 0.6 is 0 Å². The number of hydrogen-bond acceptors (Lipinski definition) is 7. The molecule has 1 fully saturated rings. The van der Waals surface area contributed by atoms with Crippen LogP contribution in [0.2, 0.25) is 0 Å². The van der Waals surface area contributed by atoms with E-state index >= 15 is 0 Å². The molecule has 0 radical (unpaired) electrons. The Morgan fingerprint density at radius 3 is 3.00 bits per heavy atom. The zero-order chi connectivity index (χ0) is 21.3. The average molecular weight is 411 g/mol. The molecule has 1 saturated heterocycles. The first-order chi connectivity index (χ1) is 14.5. The monoisotopic (exact) mass is 411 g/mol. The molecule has 7 nitrogen and oxygen atoms in total. The number of alkyl halides is 1. The van der Waals surface area contributed by atoms with Crippen LogP contribution in [0, 0.1) is 0 Å². The molecule has 0 unspecified atom stereocenters. The SMILES string of the molecule is CCCc1cnc2c(C(=O)Cc3cnccc3N3CC[C@@H](F)[C@H](N)C3)c(N)oc2c1. The Labute approximate surface area is 174 Å². The summed E-state index contributed by atoms with van der Waals surface area (Å²) in [5.41, 5.74) is 15.9. The summed E-state index contributed by atoms with van der Waals surface area (Å²) >= 11 is 0. The van der Waals surface area contributed by atoms with Crippen LogP contribution in [0.5, 0.6) is 0 Å². The van der Waals surface area contributed by atoms with E-state index < -0.39 is 12.2 Å². The summed E-state index contributed by atoms with van der Waals surface area (Å²) in [7, 11) is 0. The van der Waals surface area contributed by atoms with Gasteiger partial charge in [-0.05, 0) is 30.5 Å². The number of aryl methyl sites for hydroxylation is 1. The molecule has 3 aromatic rings. The fraction of sp³-hybridized carbons (Fsp3) is 0.409. The van der Waals surface area contributed by atoms with Gasteiger partial charge < -0.3 is 20.8 Å². The van der Waals surface area contributed by atoms with Crippen LogP contribution in [0.1, 0.15) is 41.3 Å². The van der Waals surface area contributed by atoms with Crippen LogP contribution in [0.3, 0.4) is 0 Å². The second-order valence-corrected chi connectivity index (χ2v) is 7.80. The number of hydrogen-bond donors (Lipinski definition) is 2. The molecule has 3 aromatic heterocycles. The lowest BCUT2D eigenvalue weighted by atomic mass is 10.00. The molecule has 0 amide bonds. The van der Waals surface area contributed by atoms with E-state index in [1.165, 1.54) is 0 Å². The maximum Gasteiger partial charge on any atom is 0.204 e. The second kappa shape index (κ2) is 8.39. The number of halogens is 1. The van der Waals surface area contributed by atoms with Gasteiger partial charge in [0.05, 0.1) is 6.04 Å². The van der Waals surface area contributed by atoms with Crippen molar-refractivity contribution in [1.82, 2.24) is 9.97 Å². The van der Waals surface area contributed by atoms with Crippen molar-refractivity contribution in [2.24, 2.45) is 5.73 Å². The number of pyridine rings is 2. The number of nitrogen functional groups attached to an aromatic ring is 1. The van der Waals surface area contributed by atoms with Crippen molar-refractivity contribution in [2.45, 2.75) is 44.8 Å². The van der Waals surface area contributed by atoms with Crippen molar-refractivity contribution >= 4 is 28.5 Å². The van der Waals surface area contributed by atoms with Gasteiger partial charge >= 0.3 is 0 Å². The summed E-state index contributed by atoms with van der Waals surface area (Å²) in [5.74, 6) is -0.122. The topological polar surface area (TPSA) is 111 Å². The van der Waals surface area contributed by atoms with Crippen molar-refractivity contribution < 1.29 is 13.6 Å². The van der Waals surface area contributed by atoms with E-state index in [9.17, 15) is 9.18 Å². The van der Waals surface area contributed by atoms with Crippen LogP contribution < -0.4 is 16.4 Å². The first-order valence-electron chi connectivity index (χ1n) is 10.3. The molecular formula is C22H26FN5O2. The Morgan fingerprint density at radius 2 is 2.23 bits per heavy atom. The van der Waals surface area contributed by atoms with Crippen molar-refractivity contribution in [3.05, 3.63) is 47.4 Å². The molecule has 0 spiro atoms. The van der Waals surface area contributed by atoms with Crippen LogP contribution in [0.4, 0.5) is 16.0 Å². The molecule has 1 aliphatic heterocycles. The number of carbonyl (C=O) groups excluding carboxylic acids is 1. The largest absolute Gasteiger partial charge is 0.438 e. The zero-order valence-corrected chi connectivity index (χ0v) is 17.0. The summed E-state index contributed by atoms with van der Waals surface area (Å²) in [5, 5.41) is 0. The molecule has 4 N–H and O–H groups in total. The quantitative estimate of drug-likeness (QED) is 0.600. The molecule has 30 heavy (non-hydrogen) atoms. The minimum absolute atomic E-state index is 0.0712. The van der Waals surface area contributed by atoms with Gasteiger partial charge in [0.2, 0.25) is 5.88 Å². The molecule has 0 aliphatic carbocycles. The molecule has 8 heteroatoms. The van der Waals surface area contributed by atoms with E-state index in [2.05, 4.69) is 16.9 Å². The Bertz CT molecular complexity index is 1070. The lowest BCUT2D eigenvalue weighted by Gasteiger charge is -2.35. The number of aromatic nitrogens is 2. The van der Waals surface area contributed by atoms with Gasteiger partial charge in [0, 0.05) is 49.4 Å². The number of fused-ring (bicyclic) bond motifs is 1. The zero-order valence-electron chi connectivity index (χ0n) is 17.0. The van der Waals surface area contributed by atoms with Crippen LogP contribution in [-0.4, -0.2) is 41.1 Å². The number of ketones is 1. The Hall–Kier alpha value is -3.00. The number of furan rings is 1. The van der Waals surface area contributed by atoms with Crippen molar-refractivity contribution in [3.63, 3.8) is 0 Å². The average Bonchev–Trinajstić information content (AvgIpc) is 3.06. The summed E-state index contributed by atoms with van der Waals surface area (Å²) in [6, 6.07) is 3.17. The van der Waals surface area contributed by atoms with Crippen molar-refractivity contribution in [3.8, 4) is 0 Å². The number of nitrogens with two attached hydrogens (primary N) is 2. The molecule has 4 heterocycles. The number of nitrogens with zero attached hydrogens (tertiary/aromatic N) is 3. The third-order valence-electron chi connectivity index (χ3n) is 5.57. The van der Waals surface area contributed by atoms with Gasteiger partial charge in [-0.15, -0.1) is 0 Å². The fourth-order valence-corrected chi connectivity index (χ4v) is 4.03. The summed E-state index contributed by atoms with van der Waals surface area (Å²) in [6.07, 6.45) is 6.39. The van der Waals surface area contributed by atoms with Gasteiger partial charge in [-0.3, -0.25) is 14.8 Å². The highest BCUT2D eigenvalue weighted by molar-refractivity contribution is 6.10. The first-order valence-corrected chi connectivity index (χ1v) is 10.3. The van der Waals surface area contributed by atoms with Gasteiger partial charge in [0.15, 0.2) is 11.4 Å². The highest BCUT2D eigenvalue weighted by Gasteiger charge is 2.28. The maximum atomic E-state index is 13.8. The third-order valence-corrected chi connectivity index (χ3v) is 5.57. The fourth-order valence-electron chi connectivity index (χ4n) is 4.03. The molecule has 2 atom stereocenters. The Balaban J connectivity index is 1.61. The molecule has 0 aromatic carbocycles. The number of rotatable bonds is 6. The third kappa shape index (κ3) is 3.87. The highest BCUT2D eigenvalue weighted by atomic mass is 19.1. The molecule has 4 rings (SSSR count). The van der Waals surface area contributed by atoms with Crippen LogP contribution in [0.15, 0.2) is 35.1 Å². The lowest BCUT2D eigenvalue weighted by Crippen LogP contribution is -2.50. The van der Waals surface area contributed by atoms with E-state index in [1.54, 1.807) is 18.6 Å². The van der Waals surface area contributed by atoms with E-state index in [0.29, 0.717) is 36.2 Å². The van der Waals surface area contributed by atoms with Gasteiger partial charge in [-0.1, -0.05) is 13.3 Å². The number of Topliss-reactive ketones (excluding diaryl/α,β-unsaturated/α-hetero) is 1. The standard InChI is InChI=1S/C22H26FN5O2/c1-2-3-13-8-19-21(27-10-13)20(22(25)30-19)18(29)9-14-11-26-6-4-17(14)28-7-5-15(23)16(24)12-28/h4,6,8,10-11,15-16H,2-3,5,7,9,12,24-25H2,1H3/t15-,16-/m1/s1. The molecule has 1 aliphatic rings. The normalized spacial score (nSPS) is 19.4.